The number of piperazine rings is 1. The minimum Gasteiger partial charge on any atom is -0.329 e. The largest absolute Gasteiger partial charge is 0.329 e. The fraction of sp³-hybridized carbons (Fsp3) is 0.600. The maximum Gasteiger partial charge on any atom is 0.246 e. The van der Waals surface area contributed by atoms with Crippen LogP contribution < -0.4 is 0 Å². The van der Waals surface area contributed by atoms with Gasteiger partial charge in [0.05, 0.1) is 6.54 Å². The molecular formula is C10H13ClN2O2. The minimum atomic E-state index is -0.248. The summed E-state index contributed by atoms with van der Waals surface area (Å²) < 4.78 is 0. The number of halogens is 1. The maximum absolute atomic E-state index is 11.9. The zero-order valence-electron chi connectivity index (χ0n) is 8.41. The molecule has 15 heavy (non-hydrogen) atoms. The quantitative estimate of drug-likeness (QED) is 0.694. The number of nitrogens with zero attached hydrogens (tertiary/aromatic N) is 2. The Morgan fingerprint density at radius 3 is 2.93 bits per heavy atom. The zero-order valence-corrected chi connectivity index (χ0v) is 9.16. The summed E-state index contributed by atoms with van der Waals surface area (Å²) in [7, 11) is 0. The minimum absolute atomic E-state index is 0.00824. The number of carbonyl (C=O) groups is 2. The van der Waals surface area contributed by atoms with Gasteiger partial charge in [0, 0.05) is 11.6 Å². The van der Waals surface area contributed by atoms with Crippen molar-refractivity contribution in [2.24, 2.45) is 0 Å². The number of amides is 2. The smallest absolute Gasteiger partial charge is 0.246 e. The molecule has 82 valence electrons. The molecule has 2 fully saturated rings. The van der Waals surface area contributed by atoms with Gasteiger partial charge in [-0.25, -0.2) is 0 Å². The summed E-state index contributed by atoms with van der Waals surface area (Å²) in [4.78, 5) is 26.8. The third kappa shape index (κ3) is 1.86. The van der Waals surface area contributed by atoms with Gasteiger partial charge in [0.15, 0.2) is 0 Å². The van der Waals surface area contributed by atoms with E-state index in [1.54, 1.807) is 4.90 Å². The third-order valence-corrected chi connectivity index (χ3v) is 2.98. The van der Waals surface area contributed by atoms with Crippen LogP contribution in [0.15, 0.2) is 11.6 Å². The Hall–Kier alpha value is -1.03. The van der Waals surface area contributed by atoms with Crippen LogP contribution in [0.1, 0.15) is 12.8 Å². The van der Waals surface area contributed by atoms with Gasteiger partial charge in [0.1, 0.15) is 12.6 Å². The topological polar surface area (TPSA) is 40.6 Å². The SMILES string of the molecule is C=C(Cl)CN1CC(=O)N2CCCC2C1=O. The summed E-state index contributed by atoms with van der Waals surface area (Å²) in [6, 6.07) is -0.248. The van der Waals surface area contributed by atoms with E-state index in [0.717, 1.165) is 12.8 Å². The lowest BCUT2D eigenvalue weighted by Crippen LogP contribution is -2.57. The van der Waals surface area contributed by atoms with E-state index in [9.17, 15) is 9.59 Å². The predicted molar refractivity (Wildman–Crippen MR) is 56.3 cm³/mol. The van der Waals surface area contributed by atoms with Gasteiger partial charge < -0.3 is 9.80 Å². The Bertz CT molecular complexity index is 329. The van der Waals surface area contributed by atoms with Crippen molar-refractivity contribution in [3.63, 3.8) is 0 Å². The zero-order chi connectivity index (χ0) is 11.0. The van der Waals surface area contributed by atoms with Crippen molar-refractivity contribution < 1.29 is 9.59 Å². The molecule has 0 aromatic rings. The van der Waals surface area contributed by atoms with E-state index in [2.05, 4.69) is 6.58 Å². The first kappa shape index (κ1) is 10.5. The average molecular weight is 229 g/mol. The van der Waals surface area contributed by atoms with Crippen molar-refractivity contribution >= 4 is 23.4 Å². The van der Waals surface area contributed by atoms with Crippen LogP contribution in [-0.4, -0.2) is 47.3 Å². The van der Waals surface area contributed by atoms with E-state index in [-0.39, 0.29) is 30.9 Å². The van der Waals surface area contributed by atoms with Crippen molar-refractivity contribution in [2.45, 2.75) is 18.9 Å². The number of hydrogen-bond acceptors (Lipinski definition) is 2. The molecular weight excluding hydrogens is 216 g/mol. The molecule has 0 saturated carbocycles. The summed E-state index contributed by atoms with van der Waals surface area (Å²) in [6.45, 7) is 4.67. The maximum atomic E-state index is 11.9. The molecule has 2 heterocycles. The highest BCUT2D eigenvalue weighted by Gasteiger charge is 2.41. The van der Waals surface area contributed by atoms with Gasteiger partial charge in [-0.1, -0.05) is 18.2 Å². The molecule has 0 bridgehead atoms. The number of rotatable bonds is 2. The second-order valence-corrected chi connectivity index (χ2v) is 4.49. The Morgan fingerprint density at radius 1 is 1.53 bits per heavy atom. The lowest BCUT2D eigenvalue weighted by molar-refractivity contribution is -0.153. The first-order chi connectivity index (χ1) is 7.09. The highest BCUT2D eigenvalue weighted by atomic mass is 35.5. The molecule has 0 spiro atoms. The van der Waals surface area contributed by atoms with Crippen molar-refractivity contribution in [2.75, 3.05) is 19.6 Å². The molecule has 1 atom stereocenters. The van der Waals surface area contributed by atoms with Crippen LogP contribution in [-0.2, 0) is 9.59 Å². The van der Waals surface area contributed by atoms with Crippen LogP contribution in [0.25, 0.3) is 0 Å². The molecule has 0 aromatic heterocycles. The van der Waals surface area contributed by atoms with Gasteiger partial charge in [-0.05, 0) is 12.8 Å². The van der Waals surface area contributed by atoms with Crippen molar-refractivity contribution in [3.05, 3.63) is 11.6 Å². The molecule has 1 unspecified atom stereocenters. The number of hydrogen-bond donors (Lipinski definition) is 0. The fourth-order valence-electron chi connectivity index (χ4n) is 2.21. The predicted octanol–water partition coefficient (Wildman–Crippen LogP) is 0.572. The van der Waals surface area contributed by atoms with Gasteiger partial charge in [0.25, 0.3) is 0 Å². The molecule has 0 aliphatic carbocycles. The van der Waals surface area contributed by atoms with E-state index >= 15 is 0 Å². The van der Waals surface area contributed by atoms with Gasteiger partial charge in [-0.3, -0.25) is 9.59 Å². The number of carbonyl (C=O) groups excluding carboxylic acids is 2. The van der Waals surface area contributed by atoms with Gasteiger partial charge in [0.2, 0.25) is 11.8 Å². The lowest BCUT2D eigenvalue weighted by atomic mass is 10.1. The van der Waals surface area contributed by atoms with E-state index in [0.29, 0.717) is 11.6 Å². The van der Waals surface area contributed by atoms with Gasteiger partial charge in [-0.2, -0.15) is 0 Å². The third-order valence-electron chi connectivity index (χ3n) is 2.86. The highest BCUT2D eigenvalue weighted by molar-refractivity contribution is 6.29. The van der Waals surface area contributed by atoms with Crippen LogP contribution in [0, 0.1) is 0 Å². The van der Waals surface area contributed by atoms with Crippen molar-refractivity contribution in [1.29, 1.82) is 0 Å². The molecule has 4 nitrogen and oxygen atoms in total. The van der Waals surface area contributed by atoms with Crippen LogP contribution >= 0.6 is 11.6 Å². The summed E-state index contributed by atoms with van der Waals surface area (Å²) in [5.41, 5.74) is 0. The monoisotopic (exact) mass is 228 g/mol. The van der Waals surface area contributed by atoms with E-state index < -0.39 is 0 Å². The van der Waals surface area contributed by atoms with E-state index in [4.69, 9.17) is 11.6 Å². The molecule has 2 amide bonds. The summed E-state index contributed by atoms with van der Waals surface area (Å²) in [5.74, 6) is 0.0314. The standard InChI is InChI=1S/C10H13ClN2O2/c1-7(11)5-12-6-9(14)13-4-2-3-8(13)10(12)15/h8H,1-6H2. The number of fused-ring (bicyclic) bond motifs is 1. The molecule has 0 N–H and O–H groups in total. The first-order valence-corrected chi connectivity index (χ1v) is 5.39. The van der Waals surface area contributed by atoms with Gasteiger partial charge in [-0.15, -0.1) is 0 Å². The van der Waals surface area contributed by atoms with Crippen LogP contribution in [0.5, 0.6) is 0 Å². The Balaban J connectivity index is 2.13. The average Bonchev–Trinajstić information content (AvgIpc) is 2.61. The van der Waals surface area contributed by atoms with E-state index in [1.807, 2.05) is 0 Å². The molecule has 5 heteroatoms. The molecule has 0 radical (unpaired) electrons. The molecule has 2 aliphatic rings. The normalized spacial score (nSPS) is 25.8. The Kier molecular flexibility index (Phi) is 2.69. The van der Waals surface area contributed by atoms with Crippen molar-refractivity contribution in [1.82, 2.24) is 9.80 Å². The van der Waals surface area contributed by atoms with Crippen LogP contribution in [0.2, 0.25) is 0 Å². The van der Waals surface area contributed by atoms with E-state index in [1.165, 1.54) is 4.90 Å². The summed E-state index contributed by atoms with van der Waals surface area (Å²) >= 11 is 5.65. The lowest BCUT2D eigenvalue weighted by Gasteiger charge is -2.36. The molecule has 0 aromatic carbocycles. The molecule has 2 rings (SSSR count). The Morgan fingerprint density at radius 2 is 2.27 bits per heavy atom. The second-order valence-electron chi connectivity index (χ2n) is 3.96. The van der Waals surface area contributed by atoms with Gasteiger partial charge >= 0.3 is 0 Å². The summed E-state index contributed by atoms with van der Waals surface area (Å²) in [6.07, 6.45) is 1.69. The molecule has 2 saturated heterocycles. The fourth-order valence-corrected chi connectivity index (χ4v) is 2.35. The Labute approximate surface area is 93.5 Å². The second kappa shape index (κ2) is 3.85. The molecule has 2 aliphatic heterocycles. The first-order valence-electron chi connectivity index (χ1n) is 5.01. The summed E-state index contributed by atoms with van der Waals surface area (Å²) in [5, 5.41) is 0.391. The van der Waals surface area contributed by atoms with Crippen LogP contribution in [0.4, 0.5) is 0 Å². The van der Waals surface area contributed by atoms with Crippen LogP contribution in [0.3, 0.4) is 0 Å². The highest BCUT2D eigenvalue weighted by Crippen LogP contribution is 2.24. The van der Waals surface area contributed by atoms with Crippen molar-refractivity contribution in [3.8, 4) is 0 Å².